The predicted molar refractivity (Wildman–Crippen MR) is 77.9 cm³/mol. The van der Waals surface area contributed by atoms with E-state index in [0.29, 0.717) is 0 Å². The standard InChI is InChI=1S/C16H14N2O2/c1-2-20-16(19)13(10-17)11-18-15-9-5-7-12-6-3-4-8-14(12)15/h3-9,11,18H,2H2,1H3/b13-11+. The van der Waals surface area contributed by atoms with E-state index in [0.717, 1.165) is 16.5 Å². The third-order valence-electron chi connectivity index (χ3n) is 2.78. The van der Waals surface area contributed by atoms with Crippen molar-refractivity contribution < 1.29 is 9.53 Å². The van der Waals surface area contributed by atoms with Gasteiger partial charge in [-0.05, 0) is 18.4 Å². The summed E-state index contributed by atoms with van der Waals surface area (Å²) in [5.41, 5.74) is 0.778. The normalized spacial score (nSPS) is 10.9. The number of ether oxygens (including phenoxy) is 1. The molecular weight excluding hydrogens is 252 g/mol. The van der Waals surface area contributed by atoms with Crippen LogP contribution < -0.4 is 5.32 Å². The summed E-state index contributed by atoms with van der Waals surface area (Å²) in [4.78, 5) is 11.5. The lowest BCUT2D eigenvalue weighted by molar-refractivity contribution is -0.138. The van der Waals surface area contributed by atoms with Gasteiger partial charge in [0, 0.05) is 17.3 Å². The number of carbonyl (C=O) groups is 1. The minimum Gasteiger partial charge on any atom is -0.462 e. The van der Waals surface area contributed by atoms with Crippen molar-refractivity contribution in [3.05, 3.63) is 54.2 Å². The summed E-state index contributed by atoms with van der Waals surface area (Å²) in [6.45, 7) is 1.94. The van der Waals surface area contributed by atoms with Gasteiger partial charge in [-0.2, -0.15) is 5.26 Å². The van der Waals surface area contributed by atoms with Crippen LogP contribution in [-0.2, 0) is 9.53 Å². The van der Waals surface area contributed by atoms with Crippen molar-refractivity contribution in [3.63, 3.8) is 0 Å². The maximum absolute atomic E-state index is 11.5. The molecule has 0 aliphatic heterocycles. The monoisotopic (exact) mass is 266 g/mol. The van der Waals surface area contributed by atoms with Gasteiger partial charge >= 0.3 is 5.97 Å². The zero-order valence-electron chi connectivity index (χ0n) is 11.1. The fourth-order valence-electron chi connectivity index (χ4n) is 1.85. The van der Waals surface area contributed by atoms with E-state index < -0.39 is 5.97 Å². The van der Waals surface area contributed by atoms with E-state index in [-0.39, 0.29) is 12.2 Å². The Kier molecular flexibility index (Phi) is 4.35. The second kappa shape index (κ2) is 6.39. The average molecular weight is 266 g/mol. The molecule has 4 heteroatoms. The van der Waals surface area contributed by atoms with Crippen LogP contribution in [-0.4, -0.2) is 12.6 Å². The first-order chi connectivity index (χ1) is 9.76. The Balaban J connectivity index is 2.28. The SMILES string of the molecule is CCOC(=O)/C(C#N)=C/Nc1cccc2ccccc12. The Hall–Kier alpha value is -2.80. The van der Waals surface area contributed by atoms with Crippen LogP contribution in [0.1, 0.15) is 6.92 Å². The average Bonchev–Trinajstić information content (AvgIpc) is 2.48. The molecule has 0 aliphatic carbocycles. The second-order valence-electron chi connectivity index (χ2n) is 4.06. The Morgan fingerprint density at radius 2 is 2.05 bits per heavy atom. The highest BCUT2D eigenvalue weighted by Crippen LogP contribution is 2.23. The molecule has 0 spiro atoms. The molecule has 0 fully saturated rings. The smallest absolute Gasteiger partial charge is 0.350 e. The van der Waals surface area contributed by atoms with Gasteiger partial charge in [-0.25, -0.2) is 4.79 Å². The molecule has 0 saturated carbocycles. The predicted octanol–water partition coefficient (Wildman–Crippen LogP) is 3.22. The molecule has 0 amide bonds. The number of nitriles is 1. The van der Waals surface area contributed by atoms with Crippen molar-refractivity contribution in [1.29, 1.82) is 5.26 Å². The Morgan fingerprint density at radius 3 is 2.80 bits per heavy atom. The first kappa shape index (κ1) is 13.6. The minimum absolute atomic E-state index is 0.0558. The zero-order chi connectivity index (χ0) is 14.4. The Bertz CT molecular complexity index is 694. The van der Waals surface area contributed by atoms with Crippen LogP contribution in [0.3, 0.4) is 0 Å². The van der Waals surface area contributed by atoms with E-state index in [9.17, 15) is 4.79 Å². The van der Waals surface area contributed by atoms with Crippen molar-refractivity contribution in [3.8, 4) is 6.07 Å². The molecule has 0 saturated heterocycles. The van der Waals surface area contributed by atoms with Gasteiger partial charge in [0.2, 0.25) is 0 Å². The first-order valence-corrected chi connectivity index (χ1v) is 6.28. The van der Waals surface area contributed by atoms with Gasteiger partial charge in [0.1, 0.15) is 6.07 Å². The van der Waals surface area contributed by atoms with Crippen molar-refractivity contribution in [2.75, 3.05) is 11.9 Å². The summed E-state index contributed by atoms with van der Waals surface area (Å²) in [5, 5.41) is 14.1. The van der Waals surface area contributed by atoms with Crippen LogP contribution >= 0.6 is 0 Å². The van der Waals surface area contributed by atoms with Crippen LogP contribution in [0.15, 0.2) is 54.2 Å². The molecular formula is C16H14N2O2. The van der Waals surface area contributed by atoms with Crippen LogP contribution in [0.4, 0.5) is 5.69 Å². The third kappa shape index (κ3) is 2.96. The molecule has 0 heterocycles. The molecule has 20 heavy (non-hydrogen) atoms. The van der Waals surface area contributed by atoms with Gasteiger partial charge in [0.25, 0.3) is 0 Å². The maximum Gasteiger partial charge on any atom is 0.350 e. The van der Waals surface area contributed by atoms with Crippen LogP contribution in [0, 0.1) is 11.3 Å². The lowest BCUT2D eigenvalue weighted by Crippen LogP contribution is -2.07. The van der Waals surface area contributed by atoms with Gasteiger partial charge in [0.15, 0.2) is 5.57 Å². The number of nitrogens with one attached hydrogen (secondary N) is 1. The van der Waals surface area contributed by atoms with Crippen molar-refractivity contribution >= 4 is 22.4 Å². The molecule has 0 bridgehead atoms. The second-order valence-corrected chi connectivity index (χ2v) is 4.06. The fraction of sp³-hybridized carbons (Fsp3) is 0.125. The molecule has 4 nitrogen and oxygen atoms in total. The fourth-order valence-corrected chi connectivity index (χ4v) is 1.85. The van der Waals surface area contributed by atoms with Crippen LogP contribution in [0.5, 0.6) is 0 Å². The molecule has 0 unspecified atom stereocenters. The summed E-state index contributed by atoms with van der Waals surface area (Å²) in [6.07, 6.45) is 1.37. The highest BCUT2D eigenvalue weighted by Gasteiger charge is 2.09. The lowest BCUT2D eigenvalue weighted by atomic mass is 10.1. The van der Waals surface area contributed by atoms with Crippen molar-refractivity contribution in [2.45, 2.75) is 6.92 Å². The van der Waals surface area contributed by atoms with Gasteiger partial charge in [-0.15, -0.1) is 0 Å². The number of hydrogen-bond acceptors (Lipinski definition) is 4. The number of nitrogens with zero attached hydrogens (tertiary/aromatic N) is 1. The summed E-state index contributed by atoms with van der Waals surface area (Å²) in [7, 11) is 0. The zero-order valence-corrected chi connectivity index (χ0v) is 11.1. The van der Waals surface area contributed by atoms with E-state index >= 15 is 0 Å². The first-order valence-electron chi connectivity index (χ1n) is 6.28. The van der Waals surface area contributed by atoms with Crippen molar-refractivity contribution in [1.82, 2.24) is 0 Å². The van der Waals surface area contributed by atoms with Gasteiger partial charge in [-0.1, -0.05) is 36.4 Å². The lowest BCUT2D eigenvalue weighted by Gasteiger charge is -2.06. The van der Waals surface area contributed by atoms with Crippen molar-refractivity contribution in [2.24, 2.45) is 0 Å². The summed E-state index contributed by atoms with van der Waals surface area (Å²) in [5.74, 6) is -0.622. The molecule has 2 aromatic carbocycles. The molecule has 2 rings (SSSR count). The van der Waals surface area contributed by atoms with Crippen LogP contribution in [0.25, 0.3) is 10.8 Å². The number of benzene rings is 2. The highest BCUT2D eigenvalue weighted by atomic mass is 16.5. The molecule has 0 aromatic heterocycles. The topological polar surface area (TPSA) is 62.1 Å². The van der Waals surface area contributed by atoms with Gasteiger partial charge in [0.05, 0.1) is 6.61 Å². The van der Waals surface area contributed by atoms with E-state index in [1.807, 2.05) is 48.5 Å². The molecule has 0 radical (unpaired) electrons. The Labute approximate surface area is 117 Å². The number of fused-ring (bicyclic) bond motifs is 1. The minimum atomic E-state index is -0.622. The van der Waals surface area contributed by atoms with E-state index in [1.54, 1.807) is 6.92 Å². The molecule has 1 N–H and O–H groups in total. The number of rotatable bonds is 4. The molecule has 0 aliphatic rings. The largest absolute Gasteiger partial charge is 0.462 e. The number of carbonyl (C=O) groups excluding carboxylic acids is 1. The van der Waals surface area contributed by atoms with Crippen LogP contribution in [0.2, 0.25) is 0 Å². The number of esters is 1. The van der Waals surface area contributed by atoms with E-state index in [2.05, 4.69) is 5.32 Å². The number of hydrogen-bond donors (Lipinski definition) is 1. The quantitative estimate of drug-likeness (QED) is 0.524. The molecule has 2 aromatic rings. The maximum atomic E-state index is 11.5. The summed E-state index contributed by atoms with van der Waals surface area (Å²) < 4.78 is 4.80. The molecule has 100 valence electrons. The van der Waals surface area contributed by atoms with Gasteiger partial charge in [-0.3, -0.25) is 0 Å². The Morgan fingerprint density at radius 1 is 1.30 bits per heavy atom. The van der Waals surface area contributed by atoms with E-state index in [4.69, 9.17) is 10.00 Å². The van der Waals surface area contributed by atoms with E-state index in [1.165, 1.54) is 6.20 Å². The number of anilines is 1. The third-order valence-corrected chi connectivity index (χ3v) is 2.78. The summed E-state index contributed by atoms with van der Waals surface area (Å²) >= 11 is 0. The highest BCUT2D eigenvalue weighted by molar-refractivity contribution is 5.96. The molecule has 0 atom stereocenters. The summed E-state index contributed by atoms with van der Waals surface area (Å²) in [6, 6.07) is 15.5. The van der Waals surface area contributed by atoms with Gasteiger partial charge < -0.3 is 10.1 Å².